The van der Waals surface area contributed by atoms with E-state index in [1.807, 2.05) is 0 Å². The van der Waals surface area contributed by atoms with Crippen LogP contribution < -0.4 is 18.9 Å². The van der Waals surface area contributed by atoms with Crippen molar-refractivity contribution < 1.29 is 56.8 Å². The van der Waals surface area contributed by atoms with Crippen LogP contribution in [0.15, 0.2) is 184 Å². The molecule has 4 fully saturated rings. The number of epoxide rings is 2. The summed E-state index contributed by atoms with van der Waals surface area (Å²) >= 11 is 13.9. The van der Waals surface area contributed by atoms with Gasteiger partial charge >= 0.3 is 0 Å². The molecule has 4 aromatic heterocycles. The molecule has 20 heteroatoms. The molecule has 4 aliphatic heterocycles. The largest absolute Gasteiger partial charge is 0.491 e. The lowest BCUT2D eigenvalue weighted by Crippen LogP contribution is -2.37. The van der Waals surface area contributed by atoms with E-state index in [9.17, 15) is 0 Å². The van der Waals surface area contributed by atoms with Crippen LogP contribution in [-0.4, -0.2) is 138 Å². The van der Waals surface area contributed by atoms with Crippen LogP contribution in [0.4, 0.5) is 0 Å². The molecule has 12 nitrogen and oxygen atoms in total. The molecule has 86 heavy (non-hydrogen) atoms. The average Bonchev–Trinajstić information content (AvgIpc) is 1.77. The smallest absolute Gasteiger partial charge is 0.160 e. The van der Waals surface area contributed by atoms with Gasteiger partial charge < -0.3 is 56.8 Å². The predicted molar refractivity (Wildman–Crippen MR) is 349 cm³/mol. The van der Waals surface area contributed by atoms with Crippen molar-refractivity contribution in [1.82, 2.24) is 0 Å². The van der Waals surface area contributed by atoms with E-state index >= 15 is 0 Å². The Balaban J connectivity index is 0.820. The Morgan fingerprint density at radius 2 is 0.651 bits per heavy atom. The first kappa shape index (κ1) is 62.2. The molecule has 454 valence electrons. The van der Waals surface area contributed by atoms with E-state index in [1.165, 1.54) is 19.6 Å². The predicted octanol–water partition coefficient (Wildman–Crippen LogP) is 15.4. The van der Waals surface area contributed by atoms with E-state index < -0.39 is 0 Å². The van der Waals surface area contributed by atoms with Gasteiger partial charge in [-0.15, -0.1) is 47.0 Å². The molecule has 0 spiro atoms. The quantitative estimate of drug-likeness (QED) is 0.0268. The molecule has 12 rings (SSSR count). The summed E-state index contributed by atoms with van der Waals surface area (Å²) in [5, 5.41) is 17.1. The number of benzene rings is 4. The number of thiophene rings is 4. The van der Waals surface area contributed by atoms with E-state index in [1.54, 1.807) is 92.4 Å². The van der Waals surface area contributed by atoms with Crippen molar-refractivity contribution >= 4 is 92.4 Å². The van der Waals surface area contributed by atoms with Gasteiger partial charge in [0.2, 0.25) is 0 Å². The molecule has 4 aliphatic rings. The third-order valence-corrected chi connectivity index (χ3v) is 22.4. The normalized spacial score (nSPS) is 20.0. The highest BCUT2D eigenvalue weighted by atomic mass is 32.2. The summed E-state index contributed by atoms with van der Waals surface area (Å²) in [6.45, 7) is 5.65. The summed E-state index contributed by atoms with van der Waals surface area (Å²) < 4.78 is 74.1. The van der Waals surface area contributed by atoms with Crippen molar-refractivity contribution in [2.45, 2.75) is 93.5 Å². The van der Waals surface area contributed by atoms with E-state index in [4.69, 9.17) is 56.8 Å². The van der Waals surface area contributed by atoms with Gasteiger partial charge in [-0.05, 0) is 117 Å². The fourth-order valence-electron chi connectivity index (χ4n) is 9.52. The maximum atomic E-state index is 6.56. The van der Waals surface area contributed by atoms with Gasteiger partial charge in [-0.2, -0.15) is 45.3 Å². The van der Waals surface area contributed by atoms with Crippen molar-refractivity contribution in [3.63, 3.8) is 0 Å². The zero-order chi connectivity index (χ0) is 58.0. The SMILES string of the molecule is c1cc(SCC(COc2ccc(C(c3ccc(OCC(CSc4ccsc4)OCC4CO4)cc3)C(c3ccc(OCC(CSc4ccsc4)OC4CCO4)cc3)c3ccc(OCC(CSc4ccsc4)OC4CCO4)cc3)cc2)OCC2CO2)cs1. The topological polar surface area (TPSA) is 117 Å². The maximum Gasteiger partial charge on any atom is 0.160 e. The molecule has 0 N–H and O–H groups in total. The summed E-state index contributed by atoms with van der Waals surface area (Å²) in [5.41, 5.74) is 4.47. The van der Waals surface area contributed by atoms with E-state index in [0.717, 1.165) is 108 Å². The van der Waals surface area contributed by atoms with Gasteiger partial charge in [0.15, 0.2) is 12.6 Å². The number of hydrogen-bond donors (Lipinski definition) is 0. The van der Waals surface area contributed by atoms with Gasteiger partial charge in [0.25, 0.3) is 0 Å². The van der Waals surface area contributed by atoms with Gasteiger partial charge in [-0.25, -0.2) is 0 Å². The first-order chi connectivity index (χ1) is 42.5. The number of thioether (sulfide) groups is 4. The third-order valence-electron chi connectivity index (χ3n) is 14.6. The lowest BCUT2D eigenvalue weighted by Gasteiger charge is -2.31. The molecule has 8 unspecified atom stereocenters. The van der Waals surface area contributed by atoms with Gasteiger partial charge in [0, 0.05) is 88.8 Å². The molecule has 4 aromatic carbocycles. The summed E-state index contributed by atoms with van der Waals surface area (Å²) in [6, 6.07) is 42.9. The van der Waals surface area contributed by atoms with Gasteiger partial charge in [0.1, 0.15) is 86.0 Å². The minimum Gasteiger partial charge on any atom is -0.491 e. The Kier molecular flexibility index (Phi) is 23.6. The van der Waals surface area contributed by atoms with Crippen LogP contribution in [0.1, 0.15) is 46.9 Å². The summed E-state index contributed by atoms with van der Waals surface area (Å²) in [6.07, 6.45) is 1.16. The van der Waals surface area contributed by atoms with Gasteiger partial charge in [-0.3, -0.25) is 0 Å². The molecule has 8 aromatic rings. The van der Waals surface area contributed by atoms with Crippen molar-refractivity contribution in [3.05, 3.63) is 187 Å². The van der Waals surface area contributed by atoms with Crippen molar-refractivity contribution in [2.24, 2.45) is 0 Å². The second-order valence-corrected chi connectivity index (χ2v) is 28.6. The van der Waals surface area contributed by atoms with E-state index in [-0.39, 0.29) is 61.0 Å². The highest BCUT2D eigenvalue weighted by Crippen LogP contribution is 2.45. The van der Waals surface area contributed by atoms with E-state index in [2.05, 4.69) is 164 Å². The fourth-order valence-corrected chi connectivity index (χ4v) is 16.6. The molecule has 0 radical (unpaired) electrons. The molecule has 8 heterocycles. The molecular weight excluding hydrogens is 1240 g/mol. The van der Waals surface area contributed by atoms with Gasteiger partial charge in [-0.1, -0.05) is 48.5 Å². The van der Waals surface area contributed by atoms with Crippen LogP contribution in [0.5, 0.6) is 23.0 Å². The first-order valence-electron chi connectivity index (χ1n) is 29.0. The number of rotatable bonds is 39. The first-order valence-corrected chi connectivity index (χ1v) is 36.8. The Hall–Kier alpha value is -4.04. The standard InChI is InChI=1S/C66H70O12S8/c1-9-49(69-33-55(75-31-53-29-73-53)37-83-59-19-25-79-41-59)10-2-45(1)65(46-3-11-50(12-4-46)70-34-56(76-32-54-30-74-54)38-84-60-20-26-80-42-60)66(47-5-13-51(14-6-47)71-35-57(77-63-17-23-67-63)39-85-61-21-27-81-43-61)48-7-15-52(16-8-48)72-36-58(78-64-18-24-68-64)40-86-62-22-28-82-44-62/h1-16,19-22,25-28,41-44,53-58,63-66H,17-18,23-24,29-40H2. The zero-order valence-corrected chi connectivity index (χ0v) is 53.9. The Labute approximate surface area is 537 Å². The summed E-state index contributed by atoms with van der Waals surface area (Å²) in [4.78, 5) is 4.92. The molecule has 4 saturated heterocycles. The highest BCUT2D eigenvalue weighted by Gasteiger charge is 2.32. The Bertz CT molecular complexity index is 2930. The van der Waals surface area contributed by atoms with Crippen LogP contribution in [0.25, 0.3) is 0 Å². The second-order valence-electron chi connectivity index (χ2n) is 21.1. The van der Waals surface area contributed by atoms with Crippen molar-refractivity contribution in [1.29, 1.82) is 0 Å². The zero-order valence-electron chi connectivity index (χ0n) is 47.4. The molecule has 0 aliphatic carbocycles. The maximum absolute atomic E-state index is 6.56. The molecular formula is C66H70O12S8. The monoisotopic (exact) mass is 1310 g/mol. The second kappa shape index (κ2) is 32.6. The Morgan fingerprint density at radius 3 is 0.895 bits per heavy atom. The molecule has 8 atom stereocenters. The van der Waals surface area contributed by atoms with Gasteiger partial charge in [0.05, 0.1) is 39.6 Å². The number of hydrogen-bond acceptors (Lipinski definition) is 20. The highest BCUT2D eigenvalue weighted by molar-refractivity contribution is 8.00. The van der Waals surface area contributed by atoms with Crippen LogP contribution in [0.3, 0.4) is 0 Å². The van der Waals surface area contributed by atoms with Crippen molar-refractivity contribution in [2.75, 3.05) is 89.1 Å². The van der Waals surface area contributed by atoms with Crippen molar-refractivity contribution in [3.8, 4) is 23.0 Å². The molecule has 0 bridgehead atoms. The van der Waals surface area contributed by atoms with E-state index in [0.29, 0.717) is 39.6 Å². The lowest BCUT2D eigenvalue weighted by molar-refractivity contribution is -0.235. The minimum absolute atomic E-state index is 0.116. The molecule has 0 amide bonds. The summed E-state index contributed by atoms with van der Waals surface area (Å²) in [5.74, 6) is 5.77. The van der Waals surface area contributed by atoms with Crippen LogP contribution >= 0.6 is 92.4 Å². The van der Waals surface area contributed by atoms with Crippen LogP contribution in [-0.2, 0) is 37.9 Å². The Morgan fingerprint density at radius 1 is 0.372 bits per heavy atom. The summed E-state index contributed by atoms with van der Waals surface area (Å²) in [7, 11) is 0. The minimum atomic E-state index is -0.199. The lowest BCUT2D eigenvalue weighted by atomic mass is 9.73. The molecule has 0 saturated carbocycles. The third kappa shape index (κ3) is 19.5. The van der Waals surface area contributed by atoms with Crippen LogP contribution in [0, 0.1) is 0 Å². The average molecular weight is 1310 g/mol. The number of ether oxygens (including phenoxy) is 12. The fraction of sp³-hybridized carbons (Fsp3) is 0.394. The van der Waals surface area contributed by atoms with Crippen LogP contribution in [0.2, 0.25) is 0 Å².